The maximum absolute atomic E-state index is 13.3. The van der Waals surface area contributed by atoms with Gasteiger partial charge in [-0.3, -0.25) is 11.3 Å². The Kier molecular flexibility index (Phi) is 4.80. The molecule has 3 atom stereocenters. The van der Waals surface area contributed by atoms with Crippen LogP contribution in [0.25, 0.3) is 0 Å². The van der Waals surface area contributed by atoms with Crippen LogP contribution in [0, 0.1) is 15.3 Å². The molecule has 3 rings (SSSR count). The third-order valence-electron chi connectivity index (χ3n) is 4.55. The molecule has 2 aliphatic heterocycles. The van der Waals surface area contributed by atoms with Crippen molar-refractivity contribution in [3.05, 3.63) is 33.1 Å². The molecule has 1 aromatic carbocycles. The second kappa shape index (κ2) is 6.45. The fourth-order valence-corrected chi connectivity index (χ4v) is 4.26. The fraction of sp³-hybridized carbons (Fsp3) is 0.600. The van der Waals surface area contributed by atoms with Crippen molar-refractivity contribution >= 4 is 22.6 Å². The number of halogens is 2. The first-order valence-corrected chi connectivity index (χ1v) is 8.34. The second-order valence-corrected chi connectivity index (χ2v) is 7.06. The number of rotatable bonds is 3. The Labute approximate surface area is 137 Å². The molecule has 2 heterocycles. The zero-order valence-corrected chi connectivity index (χ0v) is 13.9. The number of nitrogens with one attached hydrogen (secondary N) is 1. The minimum absolute atomic E-state index is 0.0128. The molecule has 0 radical (unpaired) electrons. The lowest BCUT2D eigenvalue weighted by molar-refractivity contribution is -0.103. The van der Waals surface area contributed by atoms with E-state index >= 15 is 0 Å². The minimum Gasteiger partial charge on any atom is -0.378 e. The SMILES string of the molecule is NNC(c1ccc(F)cc1I)C1CCOC2(CCOC2)C1. The molecule has 4 nitrogen and oxygen atoms in total. The molecule has 0 amide bonds. The number of nitrogens with two attached hydrogens (primary N) is 1. The summed E-state index contributed by atoms with van der Waals surface area (Å²) < 4.78 is 25.7. The molecule has 3 N–H and O–H groups in total. The van der Waals surface area contributed by atoms with E-state index in [2.05, 4.69) is 28.0 Å². The summed E-state index contributed by atoms with van der Waals surface area (Å²) in [5, 5.41) is 0. The summed E-state index contributed by atoms with van der Waals surface area (Å²) in [5.74, 6) is 5.96. The molecule has 0 aliphatic carbocycles. The van der Waals surface area contributed by atoms with E-state index in [4.69, 9.17) is 15.3 Å². The van der Waals surface area contributed by atoms with Gasteiger partial charge in [0.15, 0.2) is 0 Å². The van der Waals surface area contributed by atoms with Crippen LogP contribution in [0.2, 0.25) is 0 Å². The van der Waals surface area contributed by atoms with E-state index in [1.54, 1.807) is 6.07 Å². The maximum Gasteiger partial charge on any atom is 0.124 e. The third kappa shape index (κ3) is 3.24. The zero-order valence-electron chi connectivity index (χ0n) is 11.8. The molecular formula is C15H20FIN2O2. The molecule has 1 aromatic rings. The Morgan fingerprint density at radius 3 is 2.95 bits per heavy atom. The fourth-order valence-electron chi connectivity index (χ4n) is 3.45. The van der Waals surface area contributed by atoms with Crippen molar-refractivity contribution in [2.45, 2.75) is 30.9 Å². The molecule has 3 unspecified atom stereocenters. The summed E-state index contributed by atoms with van der Waals surface area (Å²) >= 11 is 2.17. The van der Waals surface area contributed by atoms with Crippen molar-refractivity contribution in [1.82, 2.24) is 5.43 Å². The summed E-state index contributed by atoms with van der Waals surface area (Å²) in [6.07, 6.45) is 2.82. The van der Waals surface area contributed by atoms with E-state index in [1.165, 1.54) is 6.07 Å². The van der Waals surface area contributed by atoms with Gasteiger partial charge in [-0.1, -0.05) is 6.07 Å². The van der Waals surface area contributed by atoms with Gasteiger partial charge in [0.05, 0.1) is 18.2 Å². The normalized spacial score (nSPS) is 30.7. The molecule has 0 saturated carbocycles. The van der Waals surface area contributed by atoms with Gasteiger partial charge >= 0.3 is 0 Å². The summed E-state index contributed by atoms with van der Waals surface area (Å²) in [4.78, 5) is 0. The van der Waals surface area contributed by atoms with Crippen LogP contribution in [0.5, 0.6) is 0 Å². The molecule has 2 aliphatic rings. The molecule has 116 valence electrons. The molecule has 0 bridgehead atoms. The van der Waals surface area contributed by atoms with Gasteiger partial charge in [-0.15, -0.1) is 0 Å². The zero-order chi connectivity index (χ0) is 14.9. The van der Waals surface area contributed by atoms with Crippen molar-refractivity contribution in [1.29, 1.82) is 0 Å². The first-order chi connectivity index (χ1) is 10.1. The molecule has 6 heteroatoms. The van der Waals surface area contributed by atoms with E-state index in [9.17, 15) is 4.39 Å². The van der Waals surface area contributed by atoms with Gasteiger partial charge < -0.3 is 9.47 Å². The topological polar surface area (TPSA) is 56.5 Å². The average Bonchev–Trinajstić information content (AvgIpc) is 2.90. The standard InChI is InChI=1S/C15H20FIN2O2/c16-11-1-2-12(13(17)7-11)14(19-18)10-3-5-21-15(8-10)4-6-20-9-15/h1-2,7,10,14,19H,3-6,8-9,18H2. The summed E-state index contributed by atoms with van der Waals surface area (Å²) in [6.45, 7) is 2.16. The van der Waals surface area contributed by atoms with Crippen LogP contribution in [0.3, 0.4) is 0 Å². The van der Waals surface area contributed by atoms with Crippen molar-refractivity contribution < 1.29 is 13.9 Å². The van der Waals surface area contributed by atoms with E-state index in [1.807, 2.05) is 6.07 Å². The summed E-state index contributed by atoms with van der Waals surface area (Å²) in [5.41, 5.74) is 3.84. The van der Waals surface area contributed by atoms with Crippen LogP contribution in [0.4, 0.5) is 4.39 Å². The van der Waals surface area contributed by atoms with E-state index in [0.29, 0.717) is 12.5 Å². The Morgan fingerprint density at radius 1 is 1.43 bits per heavy atom. The van der Waals surface area contributed by atoms with Gasteiger partial charge in [0.25, 0.3) is 0 Å². The van der Waals surface area contributed by atoms with Gasteiger partial charge in [-0.05, 0) is 59.0 Å². The lowest BCUT2D eigenvalue weighted by Crippen LogP contribution is -2.45. The number of hydrogen-bond acceptors (Lipinski definition) is 4. The van der Waals surface area contributed by atoms with E-state index < -0.39 is 0 Å². The molecule has 21 heavy (non-hydrogen) atoms. The van der Waals surface area contributed by atoms with Crippen LogP contribution in [0.15, 0.2) is 18.2 Å². The van der Waals surface area contributed by atoms with Crippen LogP contribution in [-0.2, 0) is 9.47 Å². The lowest BCUT2D eigenvalue weighted by Gasteiger charge is -2.40. The monoisotopic (exact) mass is 406 g/mol. The predicted octanol–water partition coefficient (Wildman–Crippen LogP) is 2.52. The number of hydrazine groups is 1. The Hall–Kier alpha value is -0.280. The highest BCUT2D eigenvalue weighted by Gasteiger charge is 2.43. The summed E-state index contributed by atoms with van der Waals surface area (Å²) in [7, 11) is 0. The van der Waals surface area contributed by atoms with Crippen LogP contribution in [-0.4, -0.2) is 25.4 Å². The number of hydrogen-bond donors (Lipinski definition) is 2. The third-order valence-corrected chi connectivity index (χ3v) is 5.48. The highest BCUT2D eigenvalue weighted by molar-refractivity contribution is 14.1. The number of benzene rings is 1. The first-order valence-electron chi connectivity index (χ1n) is 7.26. The quantitative estimate of drug-likeness (QED) is 0.460. The largest absolute Gasteiger partial charge is 0.378 e. The van der Waals surface area contributed by atoms with E-state index in [-0.39, 0.29) is 17.5 Å². The van der Waals surface area contributed by atoms with Gasteiger partial charge in [0.2, 0.25) is 0 Å². The maximum atomic E-state index is 13.3. The Morgan fingerprint density at radius 2 is 2.29 bits per heavy atom. The predicted molar refractivity (Wildman–Crippen MR) is 86.0 cm³/mol. The molecule has 2 saturated heterocycles. The van der Waals surface area contributed by atoms with Gasteiger partial charge in [0, 0.05) is 23.2 Å². The van der Waals surface area contributed by atoms with E-state index in [0.717, 1.165) is 41.6 Å². The number of ether oxygens (including phenoxy) is 2. The minimum atomic E-state index is -0.216. The Bertz CT molecular complexity index is 508. The van der Waals surface area contributed by atoms with Crippen LogP contribution >= 0.6 is 22.6 Å². The highest BCUT2D eigenvalue weighted by Crippen LogP contribution is 2.41. The highest BCUT2D eigenvalue weighted by atomic mass is 127. The second-order valence-electron chi connectivity index (χ2n) is 5.90. The van der Waals surface area contributed by atoms with Gasteiger partial charge in [-0.25, -0.2) is 4.39 Å². The Balaban J connectivity index is 1.82. The van der Waals surface area contributed by atoms with Crippen molar-refractivity contribution in [3.63, 3.8) is 0 Å². The molecule has 2 fully saturated rings. The van der Waals surface area contributed by atoms with Crippen LogP contribution in [0.1, 0.15) is 30.9 Å². The molecule has 1 spiro atoms. The lowest BCUT2D eigenvalue weighted by atomic mass is 9.79. The van der Waals surface area contributed by atoms with Crippen molar-refractivity contribution in [3.8, 4) is 0 Å². The van der Waals surface area contributed by atoms with Crippen molar-refractivity contribution in [2.24, 2.45) is 11.8 Å². The molecule has 0 aromatic heterocycles. The molecular weight excluding hydrogens is 386 g/mol. The summed E-state index contributed by atoms with van der Waals surface area (Å²) in [6, 6.07) is 4.89. The van der Waals surface area contributed by atoms with Crippen LogP contribution < -0.4 is 11.3 Å². The first kappa shape index (κ1) is 15.6. The average molecular weight is 406 g/mol. The smallest absolute Gasteiger partial charge is 0.124 e. The van der Waals surface area contributed by atoms with Gasteiger partial charge in [-0.2, -0.15) is 0 Å². The van der Waals surface area contributed by atoms with Gasteiger partial charge in [0.1, 0.15) is 5.82 Å². The van der Waals surface area contributed by atoms with Crippen molar-refractivity contribution in [2.75, 3.05) is 19.8 Å².